The molecule has 1 atom stereocenters. The Labute approximate surface area is 193 Å². The molecule has 1 aromatic heterocycles. The van der Waals surface area contributed by atoms with Crippen molar-refractivity contribution in [3.05, 3.63) is 88.2 Å². The van der Waals surface area contributed by atoms with Crippen molar-refractivity contribution >= 4 is 35.2 Å². The van der Waals surface area contributed by atoms with Crippen molar-refractivity contribution in [3.63, 3.8) is 0 Å². The maximum Gasteiger partial charge on any atom is 0.331 e. The third kappa shape index (κ3) is 5.45. The van der Waals surface area contributed by atoms with Crippen LogP contribution in [0.4, 0.5) is 5.69 Å². The molecule has 0 aliphatic carbocycles. The second-order valence-corrected chi connectivity index (χ2v) is 7.89. The molecule has 3 aromatic rings. The monoisotopic (exact) mass is 451 g/mol. The summed E-state index contributed by atoms with van der Waals surface area (Å²) in [7, 11) is 1.65. The van der Waals surface area contributed by atoms with Crippen LogP contribution in [0.25, 0.3) is 6.08 Å². The van der Waals surface area contributed by atoms with Gasteiger partial charge in [-0.2, -0.15) is 5.10 Å². The largest absolute Gasteiger partial charge is 0.449 e. The number of rotatable bonds is 7. The van der Waals surface area contributed by atoms with Crippen LogP contribution in [0.1, 0.15) is 29.4 Å². The molecule has 0 aliphatic heterocycles. The van der Waals surface area contributed by atoms with Crippen molar-refractivity contribution in [1.82, 2.24) is 9.78 Å². The van der Waals surface area contributed by atoms with E-state index in [9.17, 15) is 9.59 Å². The van der Waals surface area contributed by atoms with Gasteiger partial charge in [0.2, 0.25) is 0 Å². The standard InChI is InChI=1S/C25H26ClN3O3/c1-17-22(18(2)29(27-17)16-20-10-8-9-13-23(20)26)14-15-24(30)32-19(3)25(31)28(4)21-11-6-5-7-12-21/h5-15,19H,16H2,1-4H3/b15-14+. The van der Waals surface area contributed by atoms with Crippen LogP contribution in [0.3, 0.4) is 0 Å². The molecule has 0 fully saturated rings. The molecule has 6 nitrogen and oxygen atoms in total. The first kappa shape index (κ1) is 23.3. The Morgan fingerprint density at radius 3 is 2.47 bits per heavy atom. The highest BCUT2D eigenvalue weighted by Crippen LogP contribution is 2.20. The number of aryl methyl sites for hydroxylation is 1. The van der Waals surface area contributed by atoms with E-state index in [1.165, 1.54) is 11.0 Å². The Balaban J connectivity index is 1.66. The zero-order chi connectivity index (χ0) is 23.3. The van der Waals surface area contributed by atoms with E-state index in [4.69, 9.17) is 16.3 Å². The zero-order valence-electron chi connectivity index (χ0n) is 18.6. The number of hydrogen-bond donors (Lipinski definition) is 0. The first-order chi connectivity index (χ1) is 15.3. The van der Waals surface area contributed by atoms with Gasteiger partial charge in [-0.1, -0.05) is 48.0 Å². The Kier molecular flexibility index (Phi) is 7.49. The van der Waals surface area contributed by atoms with Crippen LogP contribution in [0, 0.1) is 13.8 Å². The number of benzene rings is 2. The summed E-state index contributed by atoms with van der Waals surface area (Å²) in [4.78, 5) is 26.4. The first-order valence-corrected chi connectivity index (χ1v) is 10.6. The van der Waals surface area contributed by atoms with Gasteiger partial charge in [0.05, 0.1) is 12.2 Å². The fourth-order valence-electron chi connectivity index (χ4n) is 3.36. The molecule has 0 saturated heterocycles. The molecule has 0 aliphatic rings. The van der Waals surface area contributed by atoms with E-state index in [0.29, 0.717) is 11.6 Å². The lowest BCUT2D eigenvalue weighted by atomic mass is 10.1. The molecule has 1 heterocycles. The van der Waals surface area contributed by atoms with Gasteiger partial charge in [-0.15, -0.1) is 0 Å². The highest BCUT2D eigenvalue weighted by Gasteiger charge is 2.21. The highest BCUT2D eigenvalue weighted by atomic mass is 35.5. The van der Waals surface area contributed by atoms with Gasteiger partial charge in [-0.3, -0.25) is 9.48 Å². The molecule has 166 valence electrons. The van der Waals surface area contributed by atoms with Crippen LogP contribution >= 0.6 is 11.6 Å². The van der Waals surface area contributed by atoms with Gasteiger partial charge < -0.3 is 9.64 Å². The number of carbonyl (C=O) groups is 2. The number of aromatic nitrogens is 2. The molecule has 0 bridgehead atoms. The van der Waals surface area contributed by atoms with Gasteiger partial charge in [0, 0.05) is 35.1 Å². The topological polar surface area (TPSA) is 64.4 Å². The average molecular weight is 452 g/mol. The van der Waals surface area contributed by atoms with Crippen LogP contribution in [0.5, 0.6) is 0 Å². The summed E-state index contributed by atoms with van der Waals surface area (Å²) in [6.45, 7) is 5.90. The molecule has 7 heteroatoms. The molecule has 32 heavy (non-hydrogen) atoms. The van der Waals surface area contributed by atoms with E-state index in [-0.39, 0.29) is 5.91 Å². The molecule has 1 amide bonds. The minimum absolute atomic E-state index is 0.308. The number of carbonyl (C=O) groups excluding carboxylic acids is 2. The number of nitrogens with zero attached hydrogens (tertiary/aromatic N) is 3. The van der Waals surface area contributed by atoms with Crippen molar-refractivity contribution in [3.8, 4) is 0 Å². The third-order valence-electron chi connectivity index (χ3n) is 5.22. The van der Waals surface area contributed by atoms with Gasteiger partial charge in [-0.05, 0) is 50.6 Å². The number of esters is 1. The minimum Gasteiger partial charge on any atom is -0.449 e. The van der Waals surface area contributed by atoms with Crippen molar-refractivity contribution in [2.45, 2.75) is 33.4 Å². The van der Waals surface area contributed by atoms with E-state index in [2.05, 4.69) is 5.10 Å². The zero-order valence-corrected chi connectivity index (χ0v) is 19.3. The molecule has 2 aromatic carbocycles. The number of ether oxygens (including phenoxy) is 1. The van der Waals surface area contributed by atoms with Crippen LogP contribution in [-0.4, -0.2) is 34.8 Å². The van der Waals surface area contributed by atoms with Crippen molar-refractivity contribution in [2.24, 2.45) is 0 Å². The second kappa shape index (κ2) is 10.3. The number of para-hydroxylation sites is 1. The normalized spacial score (nSPS) is 12.0. The molecule has 1 unspecified atom stereocenters. The van der Waals surface area contributed by atoms with Crippen molar-refractivity contribution in [2.75, 3.05) is 11.9 Å². The fraction of sp³-hybridized carbons (Fsp3) is 0.240. The van der Waals surface area contributed by atoms with E-state index in [1.54, 1.807) is 20.0 Å². The molecule has 3 rings (SSSR count). The van der Waals surface area contributed by atoms with Gasteiger partial charge >= 0.3 is 5.97 Å². The van der Waals surface area contributed by atoms with Gasteiger partial charge in [-0.25, -0.2) is 4.79 Å². The summed E-state index contributed by atoms with van der Waals surface area (Å²) < 4.78 is 7.16. The Morgan fingerprint density at radius 2 is 1.78 bits per heavy atom. The quantitative estimate of drug-likeness (QED) is 0.382. The minimum atomic E-state index is -0.914. The first-order valence-electron chi connectivity index (χ1n) is 10.3. The van der Waals surface area contributed by atoms with E-state index in [1.807, 2.05) is 73.1 Å². The molecule has 0 saturated carbocycles. The highest BCUT2D eigenvalue weighted by molar-refractivity contribution is 6.31. The molecule has 0 radical (unpaired) electrons. The van der Waals surface area contributed by atoms with Gasteiger partial charge in [0.25, 0.3) is 5.91 Å². The predicted octanol–water partition coefficient (Wildman–Crippen LogP) is 4.81. The number of anilines is 1. The summed E-state index contributed by atoms with van der Waals surface area (Å²) in [6.07, 6.45) is 2.08. The summed E-state index contributed by atoms with van der Waals surface area (Å²) in [6, 6.07) is 16.8. The van der Waals surface area contributed by atoms with Crippen LogP contribution in [-0.2, 0) is 20.9 Å². The van der Waals surface area contributed by atoms with Crippen molar-refractivity contribution in [1.29, 1.82) is 0 Å². The third-order valence-corrected chi connectivity index (χ3v) is 5.58. The van der Waals surface area contributed by atoms with Gasteiger partial charge in [0.1, 0.15) is 0 Å². The summed E-state index contributed by atoms with van der Waals surface area (Å²) in [5.41, 5.74) is 4.21. The van der Waals surface area contributed by atoms with E-state index < -0.39 is 12.1 Å². The molecule has 0 spiro atoms. The summed E-state index contributed by atoms with van der Waals surface area (Å²) in [5, 5.41) is 5.24. The predicted molar refractivity (Wildman–Crippen MR) is 127 cm³/mol. The summed E-state index contributed by atoms with van der Waals surface area (Å²) in [5.74, 6) is -0.900. The van der Waals surface area contributed by atoms with E-state index in [0.717, 1.165) is 28.2 Å². The SMILES string of the molecule is Cc1nn(Cc2ccccc2Cl)c(C)c1/C=C/C(=O)OC(C)C(=O)N(C)c1ccccc1. The number of likely N-dealkylation sites (N-methyl/N-ethyl adjacent to an activating group) is 1. The second-order valence-electron chi connectivity index (χ2n) is 7.48. The Morgan fingerprint density at radius 1 is 1.12 bits per heavy atom. The number of hydrogen-bond acceptors (Lipinski definition) is 4. The lowest BCUT2D eigenvalue weighted by Crippen LogP contribution is -2.37. The number of halogens is 1. The lowest BCUT2D eigenvalue weighted by Gasteiger charge is -2.21. The van der Waals surface area contributed by atoms with Crippen LogP contribution in [0.2, 0.25) is 5.02 Å². The molecular formula is C25H26ClN3O3. The van der Waals surface area contributed by atoms with Crippen LogP contribution < -0.4 is 4.90 Å². The Hall–Kier alpha value is -3.38. The lowest BCUT2D eigenvalue weighted by molar-refractivity contribution is -0.148. The maximum atomic E-state index is 12.6. The molecule has 0 N–H and O–H groups in total. The fourth-order valence-corrected chi connectivity index (χ4v) is 3.56. The Bertz CT molecular complexity index is 1140. The van der Waals surface area contributed by atoms with E-state index >= 15 is 0 Å². The molecular weight excluding hydrogens is 426 g/mol. The van der Waals surface area contributed by atoms with Gasteiger partial charge in [0.15, 0.2) is 6.10 Å². The van der Waals surface area contributed by atoms with Crippen LogP contribution in [0.15, 0.2) is 60.7 Å². The maximum absolute atomic E-state index is 12.6. The summed E-state index contributed by atoms with van der Waals surface area (Å²) >= 11 is 6.26. The number of amides is 1. The smallest absolute Gasteiger partial charge is 0.331 e. The average Bonchev–Trinajstić information content (AvgIpc) is 3.05. The van der Waals surface area contributed by atoms with Crippen molar-refractivity contribution < 1.29 is 14.3 Å².